The number of ether oxygens (including phenoxy) is 4. The van der Waals surface area contributed by atoms with Gasteiger partial charge in [0.2, 0.25) is 0 Å². The molecule has 0 unspecified atom stereocenters. The Morgan fingerprint density at radius 3 is 2.48 bits per heavy atom. The molecule has 0 N–H and O–H groups in total. The number of carbonyl (C=O) groups excluding carboxylic acids is 1. The largest absolute Gasteiger partial charge is 0.495 e. The summed E-state index contributed by atoms with van der Waals surface area (Å²) in [5.74, 6) is 1.41. The lowest BCUT2D eigenvalue weighted by Gasteiger charge is -2.09. The minimum Gasteiger partial charge on any atom is -0.495 e. The number of hydrogen-bond donors (Lipinski definition) is 0. The molecule has 0 saturated carbocycles. The maximum absolute atomic E-state index is 12.9. The molecule has 154 valence electrons. The highest BCUT2D eigenvalue weighted by Gasteiger charge is 2.14. The van der Waals surface area contributed by atoms with Gasteiger partial charge in [0.25, 0.3) is 5.91 Å². The van der Waals surface area contributed by atoms with Crippen LogP contribution in [-0.2, 0) is 11.3 Å². The third kappa shape index (κ3) is 4.44. The smallest absolute Gasteiger partial charge is 0.279 e. The Balaban J connectivity index is 2.09. The molecule has 0 fully saturated rings. The van der Waals surface area contributed by atoms with E-state index in [0.717, 1.165) is 16.0 Å². The minimum atomic E-state index is -0.360. The second kappa shape index (κ2) is 9.58. The number of aromatic nitrogens is 1. The lowest BCUT2D eigenvalue weighted by molar-refractivity contribution is 0.0996. The van der Waals surface area contributed by atoms with Crippen LogP contribution in [0.3, 0.4) is 0 Å². The van der Waals surface area contributed by atoms with E-state index in [0.29, 0.717) is 41.6 Å². The van der Waals surface area contributed by atoms with Crippen LogP contribution >= 0.6 is 11.3 Å². The monoisotopic (exact) mass is 416 g/mol. The van der Waals surface area contributed by atoms with E-state index in [1.165, 1.54) is 18.4 Å². The summed E-state index contributed by atoms with van der Waals surface area (Å²) in [5.41, 5.74) is 1.32. The van der Waals surface area contributed by atoms with Gasteiger partial charge in [-0.2, -0.15) is 4.99 Å². The number of hydrogen-bond acceptors (Lipinski definition) is 6. The van der Waals surface area contributed by atoms with Crippen molar-refractivity contribution in [3.8, 4) is 17.2 Å². The first-order valence-electron chi connectivity index (χ1n) is 9.18. The van der Waals surface area contributed by atoms with Crippen LogP contribution in [0.25, 0.3) is 10.2 Å². The van der Waals surface area contributed by atoms with Gasteiger partial charge in [0, 0.05) is 18.7 Å². The molecule has 0 bridgehead atoms. The predicted octanol–water partition coefficient (Wildman–Crippen LogP) is 3.51. The van der Waals surface area contributed by atoms with Crippen LogP contribution in [0.1, 0.15) is 17.3 Å². The summed E-state index contributed by atoms with van der Waals surface area (Å²) >= 11 is 1.44. The van der Waals surface area contributed by atoms with Crippen LogP contribution in [0.2, 0.25) is 0 Å². The maximum atomic E-state index is 12.9. The van der Waals surface area contributed by atoms with Gasteiger partial charge in [-0.1, -0.05) is 17.4 Å². The first-order valence-corrected chi connectivity index (χ1v) is 9.99. The van der Waals surface area contributed by atoms with Crippen molar-refractivity contribution in [2.24, 2.45) is 4.99 Å². The highest BCUT2D eigenvalue weighted by molar-refractivity contribution is 7.16. The van der Waals surface area contributed by atoms with Gasteiger partial charge < -0.3 is 23.5 Å². The van der Waals surface area contributed by atoms with E-state index in [-0.39, 0.29) is 5.91 Å². The number of para-hydroxylation sites is 1. The number of fused-ring (bicyclic) bond motifs is 1. The van der Waals surface area contributed by atoms with Gasteiger partial charge in [-0.15, -0.1) is 0 Å². The van der Waals surface area contributed by atoms with E-state index < -0.39 is 0 Å². The summed E-state index contributed by atoms with van der Waals surface area (Å²) < 4.78 is 24.5. The van der Waals surface area contributed by atoms with Crippen molar-refractivity contribution in [2.45, 2.75) is 13.5 Å². The van der Waals surface area contributed by atoms with Crippen molar-refractivity contribution in [1.29, 1.82) is 0 Å². The van der Waals surface area contributed by atoms with E-state index in [2.05, 4.69) is 4.99 Å². The van der Waals surface area contributed by atoms with Gasteiger partial charge in [-0.3, -0.25) is 4.79 Å². The average molecular weight is 416 g/mol. The summed E-state index contributed by atoms with van der Waals surface area (Å²) in [7, 11) is 4.71. The molecule has 0 aliphatic carbocycles. The lowest BCUT2D eigenvalue weighted by atomic mass is 10.2. The molecule has 3 aromatic rings. The van der Waals surface area contributed by atoms with Gasteiger partial charge in [-0.05, 0) is 37.3 Å². The predicted molar refractivity (Wildman–Crippen MR) is 112 cm³/mol. The minimum absolute atomic E-state index is 0.360. The Morgan fingerprint density at radius 1 is 1.03 bits per heavy atom. The fourth-order valence-corrected chi connectivity index (χ4v) is 4.05. The van der Waals surface area contributed by atoms with Gasteiger partial charge in [0.1, 0.15) is 11.3 Å². The van der Waals surface area contributed by atoms with Crippen molar-refractivity contribution in [3.05, 3.63) is 46.8 Å². The molecule has 8 heteroatoms. The standard InChI is InChI=1S/C21H24N2O5S/c1-5-28-12-11-23-19-16(26-3)7-6-8-18(19)29-21(23)22-20(24)14-9-10-15(25-2)17(13-14)27-4/h6-10,13H,5,11-12H2,1-4H3. The molecule has 0 spiro atoms. The Morgan fingerprint density at radius 2 is 1.79 bits per heavy atom. The summed E-state index contributed by atoms with van der Waals surface area (Å²) in [5, 5.41) is 0. The summed E-state index contributed by atoms with van der Waals surface area (Å²) in [6.45, 7) is 3.64. The zero-order chi connectivity index (χ0) is 20.8. The third-order valence-electron chi connectivity index (χ3n) is 4.37. The van der Waals surface area contributed by atoms with Crippen molar-refractivity contribution in [1.82, 2.24) is 4.57 Å². The average Bonchev–Trinajstić information content (AvgIpc) is 3.10. The zero-order valence-electron chi connectivity index (χ0n) is 16.9. The molecular formula is C21H24N2O5S. The molecule has 3 rings (SSSR count). The van der Waals surface area contributed by atoms with E-state index in [9.17, 15) is 4.79 Å². The molecular weight excluding hydrogens is 392 g/mol. The van der Waals surface area contributed by atoms with Crippen LogP contribution in [0, 0.1) is 0 Å². The van der Waals surface area contributed by atoms with Crippen LogP contribution in [0.15, 0.2) is 41.4 Å². The molecule has 1 aromatic heterocycles. The lowest BCUT2D eigenvalue weighted by Crippen LogP contribution is -2.20. The van der Waals surface area contributed by atoms with E-state index in [1.54, 1.807) is 32.4 Å². The van der Waals surface area contributed by atoms with Crippen molar-refractivity contribution in [3.63, 3.8) is 0 Å². The molecule has 1 heterocycles. The van der Waals surface area contributed by atoms with Crippen molar-refractivity contribution in [2.75, 3.05) is 34.5 Å². The molecule has 1 amide bonds. The summed E-state index contributed by atoms with van der Waals surface area (Å²) in [6.07, 6.45) is 0. The highest BCUT2D eigenvalue weighted by Crippen LogP contribution is 2.29. The number of amides is 1. The highest BCUT2D eigenvalue weighted by atomic mass is 32.1. The van der Waals surface area contributed by atoms with E-state index in [4.69, 9.17) is 18.9 Å². The topological polar surface area (TPSA) is 71.3 Å². The first-order chi connectivity index (χ1) is 14.1. The van der Waals surface area contributed by atoms with Gasteiger partial charge in [0.15, 0.2) is 16.3 Å². The fraction of sp³-hybridized carbons (Fsp3) is 0.333. The Hall–Kier alpha value is -2.84. The fourth-order valence-electron chi connectivity index (χ4n) is 2.98. The Kier molecular flexibility index (Phi) is 6.90. The number of thiazole rings is 1. The summed E-state index contributed by atoms with van der Waals surface area (Å²) in [6, 6.07) is 10.8. The zero-order valence-corrected chi connectivity index (χ0v) is 17.7. The molecule has 0 atom stereocenters. The number of nitrogens with zero attached hydrogens (tertiary/aromatic N) is 2. The molecule has 2 aromatic carbocycles. The molecule has 0 saturated heterocycles. The quantitative estimate of drug-likeness (QED) is 0.526. The maximum Gasteiger partial charge on any atom is 0.279 e. The first kappa shape index (κ1) is 20.9. The van der Waals surface area contributed by atoms with E-state index >= 15 is 0 Å². The number of carbonyl (C=O) groups is 1. The Bertz CT molecular complexity index is 1070. The molecule has 7 nitrogen and oxygen atoms in total. The second-order valence-corrected chi connectivity index (χ2v) is 7.04. The molecule has 0 radical (unpaired) electrons. The van der Waals surface area contributed by atoms with Crippen LogP contribution in [-0.4, -0.2) is 45.0 Å². The molecule has 29 heavy (non-hydrogen) atoms. The van der Waals surface area contributed by atoms with Crippen molar-refractivity contribution < 1.29 is 23.7 Å². The van der Waals surface area contributed by atoms with E-state index in [1.807, 2.05) is 29.7 Å². The van der Waals surface area contributed by atoms with Gasteiger partial charge in [0.05, 0.1) is 32.6 Å². The van der Waals surface area contributed by atoms with Gasteiger partial charge in [-0.25, -0.2) is 0 Å². The number of rotatable bonds is 8. The van der Waals surface area contributed by atoms with Gasteiger partial charge >= 0.3 is 0 Å². The SMILES string of the molecule is CCOCCn1c(=NC(=O)c2ccc(OC)c(OC)c2)sc2cccc(OC)c21. The van der Waals surface area contributed by atoms with Crippen molar-refractivity contribution >= 4 is 27.5 Å². The normalized spacial score (nSPS) is 11.7. The second-order valence-electron chi connectivity index (χ2n) is 6.03. The van der Waals surface area contributed by atoms with Crippen LogP contribution in [0.4, 0.5) is 0 Å². The van der Waals surface area contributed by atoms with Crippen LogP contribution < -0.4 is 19.0 Å². The summed E-state index contributed by atoms with van der Waals surface area (Å²) in [4.78, 5) is 17.8. The number of benzene rings is 2. The molecule has 0 aliphatic rings. The molecule has 0 aliphatic heterocycles. The number of methoxy groups -OCH3 is 3. The Labute approximate surface area is 173 Å². The van der Waals surface area contributed by atoms with Crippen LogP contribution in [0.5, 0.6) is 17.2 Å². The third-order valence-corrected chi connectivity index (χ3v) is 5.42.